The standard InChI is InChI=1S/C36H35FN2O7/c1-41-34-27-18-29(37)28(19-30(27)38-35(39-34)42-2)36(40)33(45-22-26-16-10-5-11-17-26)32(44-21-25-14-8-4-9-15-25)31(46-36)23-43-20-24-12-6-3-7-13-24/h3-19,31-33,40H,20-23H2,1-2H3/t31-,32-,33-,36?/m1/s1. The van der Waals surface area contributed by atoms with Gasteiger partial charge in [0.2, 0.25) is 11.7 Å². The molecule has 5 aromatic rings. The molecule has 2 heterocycles. The van der Waals surface area contributed by atoms with Gasteiger partial charge >= 0.3 is 6.01 Å². The molecule has 46 heavy (non-hydrogen) atoms. The zero-order valence-corrected chi connectivity index (χ0v) is 25.5. The van der Waals surface area contributed by atoms with E-state index in [1.165, 1.54) is 26.4 Å². The summed E-state index contributed by atoms with van der Waals surface area (Å²) in [7, 11) is 2.84. The molecule has 1 saturated heterocycles. The fraction of sp³-hybridized carbons (Fsp3) is 0.278. The second-order valence-electron chi connectivity index (χ2n) is 10.9. The molecule has 4 atom stereocenters. The number of aromatic nitrogens is 2. The van der Waals surface area contributed by atoms with Gasteiger partial charge in [0.25, 0.3) is 0 Å². The molecule has 1 aliphatic heterocycles. The van der Waals surface area contributed by atoms with Crippen LogP contribution in [0.15, 0.2) is 103 Å². The Balaban J connectivity index is 1.39. The fourth-order valence-electron chi connectivity index (χ4n) is 5.55. The topological polar surface area (TPSA) is 101 Å². The van der Waals surface area contributed by atoms with Gasteiger partial charge in [-0.25, -0.2) is 4.39 Å². The quantitative estimate of drug-likeness (QED) is 0.176. The first-order chi connectivity index (χ1) is 22.5. The number of ether oxygens (including phenoxy) is 6. The summed E-state index contributed by atoms with van der Waals surface area (Å²) in [5.74, 6) is -2.93. The van der Waals surface area contributed by atoms with Gasteiger partial charge in [-0.3, -0.25) is 0 Å². The Morgan fingerprint density at radius 1 is 0.761 bits per heavy atom. The van der Waals surface area contributed by atoms with E-state index < -0.39 is 29.9 Å². The first-order valence-corrected chi connectivity index (χ1v) is 14.9. The van der Waals surface area contributed by atoms with Crippen LogP contribution in [-0.4, -0.2) is 54.2 Å². The molecular formula is C36H35FN2O7. The summed E-state index contributed by atoms with van der Waals surface area (Å²) in [4.78, 5) is 8.54. The highest BCUT2D eigenvalue weighted by atomic mass is 19.1. The van der Waals surface area contributed by atoms with E-state index >= 15 is 4.39 Å². The maximum atomic E-state index is 16.1. The lowest BCUT2D eigenvalue weighted by Crippen LogP contribution is -2.44. The Morgan fingerprint density at radius 2 is 1.35 bits per heavy atom. The predicted octanol–water partition coefficient (Wildman–Crippen LogP) is 5.72. The summed E-state index contributed by atoms with van der Waals surface area (Å²) in [6.45, 7) is 0.661. The molecular weight excluding hydrogens is 591 g/mol. The molecule has 4 aromatic carbocycles. The van der Waals surface area contributed by atoms with Crippen LogP contribution in [0.1, 0.15) is 22.3 Å². The summed E-state index contributed by atoms with van der Waals surface area (Å²) in [5, 5.41) is 12.7. The van der Waals surface area contributed by atoms with Gasteiger partial charge in [0, 0.05) is 0 Å². The third kappa shape index (κ3) is 6.86. The van der Waals surface area contributed by atoms with Gasteiger partial charge in [0.15, 0.2) is 0 Å². The number of rotatable bonds is 13. The first-order valence-electron chi connectivity index (χ1n) is 14.9. The molecule has 9 nitrogen and oxygen atoms in total. The molecule has 0 amide bonds. The highest BCUT2D eigenvalue weighted by molar-refractivity contribution is 5.84. The van der Waals surface area contributed by atoms with Crippen LogP contribution in [0.3, 0.4) is 0 Å². The Hall–Kier alpha value is -4.45. The number of nitrogens with zero attached hydrogens (tertiary/aromatic N) is 2. The maximum absolute atomic E-state index is 16.1. The minimum Gasteiger partial charge on any atom is -0.480 e. The molecule has 1 N–H and O–H groups in total. The fourth-order valence-corrected chi connectivity index (χ4v) is 5.55. The lowest BCUT2D eigenvalue weighted by atomic mass is 9.95. The van der Waals surface area contributed by atoms with Crippen molar-refractivity contribution in [2.24, 2.45) is 0 Å². The van der Waals surface area contributed by atoms with Gasteiger partial charge in [-0.05, 0) is 28.8 Å². The molecule has 1 unspecified atom stereocenters. The van der Waals surface area contributed by atoms with Crippen molar-refractivity contribution in [1.29, 1.82) is 0 Å². The number of halogens is 1. The maximum Gasteiger partial charge on any atom is 0.320 e. The average molecular weight is 627 g/mol. The first kappa shape index (κ1) is 31.5. The Kier molecular flexibility index (Phi) is 9.82. The molecule has 1 aromatic heterocycles. The Labute approximate surface area is 266 Å². The molecule has 1 aliphatic rings. The van der Waals surface area contributed by atoms with Crippen molar-refractivity contribution in [1.82, 2.24) is 9.97 Å². The van der Waals surface area contributed by atoms with E-state index in [9.17, 15) is 5.11 Å². The largest absolute Gasteiger partial charge is 0.480 e. The highest BCUT2D eigenvalue weighted by Crippen LogP contribution is 2.44. The van der Waals surface area contributed by atoms with E-state index in [0.29, 0.717) is 12.0 Å². The van der Waals surface area contributed by atoms with Crippen LogP contribution in [0, 0.1) is 5.82 Å². The van der Waals surface area contributed by atoms with Crippen molar-refractivity contribution in [2.45, 2.75) is 43.9 Å². The zero-order valence-electron chi connectivity index (χ0n) is 25.5. The molecule has 0 aliphatic carbocycles. The minimum atomic E-state index is -2.29. The highest BCUT2D eigenvalue weighted by Gasteiger charge is 2.58. The van der Waals surface area contributed by atoms with Crippen LogP contribution < -0.4 is 9.47 Å². The van der Waals surface area contributed by atoms with E-state index in [1.807, 2.05) is 91.0 Å². The summed E-state index contributed by atoms with van der Waals surface area (Å²) in [5.41, 5.74) is 2.84. The monoisotopic (exact) mass is 626 g/mol. The predicted molar refractivity (Wildman–Crippen MR) is 168 cm³/mol. The third-order valence-corrected chi connectivity index (χ3v) is 7.82. The van der Waals surface area contributed by atoms with Gasteiger partial charge in [-0.15, -0.1) is 0 Å². The van der Waals surface area contributed by atoms with Gasteiger partial charge in [0.1, 0.15) is 24.1 Å². The molecule has 0 bridgehead atoms. The van der Waals surface area contributed by atoms with E-state index in [4.69, 9.17) is 28.4 Å². The number of benzene rings is 4. The molecule has 10 heteroatoms. The molecule has 6 rings (SSSR count). The number of aliphatic hydroxyl groups is 1. The SMILES string of the molecule is COc1nc(OC)c2cc(F)c(C3(O)O[C@H](COCc4ccccc4)[C@@H](OCc4ccccc4)[C@H]3OCc3ccccc3)cc2n1. The van der Waals surface area contributed by atoms with Crippen molar-refractivity contribution >= 4 is 10.9 Å². The molecule has 1 fully saturated rings. The van der Waals surface area contributed by atoms with E-state index in [-0.39, 0.29) is 42.8 Å². The normalized spacial score (nSPS) is 21.0. The van der Waals surface area contributed by atoms with Gasteiger partial charge in [-0.2, -0.15) is 9.97 Å². The third-order valence-electron chi connectivity index (χ3n) is 7.82. The van der Waals surface area contributed by atoms with Crippen molar-refractivity contribution in [2.75, 3.05) is 20.8 Å². The van der Waals surface area contributed by atoms with E-state index in [2.05, 4.69) is 9.97 Å². The Bertz CT molecular complexity index is 1730. The zero-order chi connectivity index (χ0) is 31.9. The molecule has 0 radical (unpaired) electrons. The second kappa shape index (κ2) is 14.3. The van der Waals surface area contributed by atoms with Crippen LogP contribution >= 0.6 is 0 Å². The van der Waals surface area contributed by atoms with Crippen molar-refractivity contribution in [3.05, 3.63) is 131 Å². The van der Waals surface area contributed by atoms with E-state index in [0.717, 1.165) is 16.7 Å². The molecule has 238 valence electrons. The van der Waals surface area contributed by atoms with Crippen LogP contribution in [0.5, 0.6) is 11.9 Å². The minimum absolute atomic E-state index is 0.0226. The average Bonchev–Trinajstić information content (AvgIpc) is 3.37. The van der Waals surface area contributed by atoms with Gasteiger partial charge in [0.05, 0.1) is 57.1 Å². The van der Waals surface area contributed by atoms with E-state index in [1.54, 1.807) is 0 Å². The summed E-state index contributed by atoms with van der Waals surface area (Å²) < 4.78 is 52.0. The van der Waals surface area contributed by atoms with Gasteiger partial charge < -0.3 is 33.5 Å². The Morgan fingerprint density at radius 3 is 1.93 bits per heavy atom. The second-order valence-corrected chi connectivity index (χ2v) is 10.9. The van der Waals surface area contributed by atoms with Crippen molar-refractivity contribution in [3.8, 4) is 11.9 Å². The van der Waals surface area contributed by atoms with Crippen LogP contribution in [0.25, 0.3) is 10.9 Å². The number of methoxy groups -OCH3 is 2. The summed E-state index contributed by atoms with van der Waals surface area (Å²) in [6.07, 6.45) is -2.85. The van der Waals surface area contributed by atoms with Crippen molar-refractivity contribution in [3.63, 3.8) is 0 Å². The summed E-state index contributed by atoms with van der Waals surface area (Å²) >= 11 is 0. The lowest BCUT2D eigenvalue weighted by Gasteiger charge is -2.31. The lowest BCUT2D eigenvalue weighted by molar-refractivity contribution is -0.254. The van der Waals surface area contributed by atoms with Gasteiger partial charge in [-0.1, -0.05) is 91.0 Å². The number of fused-ring (bicyclic) bond motifs is 1. The van der Waals surface area contributed by atoms with Crippen LogP contribution in [-0.2, 0) is 44.6 Å². The number of hydrogen-bond acceptors (Lipinski definition) is 9. The van der Waals surface area contributed by atoms with Crippen LogP contribution in [0.4, 0.5) is 4.39 Å². The number of hydrogen-bond donors (Lipinski definition) is 1. The van der Waals surface area contributed by atoms with Crippen molar-refractivity contribution < 1.29 is 37.9 Å². The van der Waals surface area contributed by atoms with Crippen LogP contribution in [0.2, 0.25) is 0 Å². The summed E-state index contributed by atoms with van der Waals surface area (Å²) in [6, 6.07) is 31.4. The molecule has 0 saturated carbocycles. The molecule has 0 spiro atoms. The smallest absolute Gasteiger partial charge is 0.320 e.